The Morgan fingerprint density at radius 3 is 2.56 bits per heavy atom. The molecule has 2 aromatic carbocycles. The SMILES string of the molecule is CCn1c(-c2cccnc2[C@H](C)OC)c2c3cc(ccc31)-c1cc(O)cc(c1)C[C@H](NC(=O)C(C(C)C)N(C)C(=O)C1[C@H]3CNC[C@@H]13)C(=O)N1CCC[C@H](N1)C(=O)OCC(C)(C)C2. The number of fused-ring (bicyclic) bond motifs is 7. The minimum atomic E-state index is -1.10. The van der Waals surface area contributed by atoms with E-state index in [1.165, 1.54) is 5.01 Å². The number of aryl methyl sites for hydroxylation is 1. The molecule has 7 atom stereocenters. The predicted molar refractivity (Wildman–Crippen MR) is 240 cm³/mol. The minimum Gasteiger partial charge on any atom is -0.508 e. The average molecular weight is 862 g/mol. The molecule has 6 bridgehead atoms. The number of amides is 3. The van der Waals surface area contributed by atoms with E-state index in [2.05, 4.69) is 59.6 Å². The molecule has 8 rings (SSSR count). The van der Waals surface area contributed by atoms with Gasteiger partial charge in [0.05, 0.1) is 24.1 Å². The van der Waals surface area contributed by atoms with Crippen molar-refractivity contribution in [3.05, 3.63) is 71.5 Å². The van der Waals surface area contributed by atoms with Crippen LogP contribution in [0.15, 0.2) is 54.7 Å². The maximum atomic E-state index is 14.7. The van der Waals surface area contributed by atoms with Crippen LogP contribution in [-0.2, 0) is 48.0 Å². The highest BCUT2D eigenvalue weighted by Gasteiger charge is 2.58. The van der Waals surface area contributed by atoms with Gasteiger partial charge in [0.2, 0.25) is 11.8 Å². The van der Waals surface area contributed by atoms with Gasteiger partial charge in [0.1, 0.15) is 23.9 Å². The molecule has 2 unspecified atom stereocenters. The highest BCUT2D eigenvalue weighted by Crippen LogP contribution is 2.50. The van der Waals surface area contributed by atoms with Gasteiger partial charge in [0, 0.05) is 67.7 Å². The molecule has 336 valence electrons. The number of cyclic esters (lactones) is 1. The number of hydrazine groups is 1. The monoisotopic (exact) mass is 861 g/mol. The van der Waals surface area contributed by atoms with Gasteiger partial charge < -0.3 is 34.7 Å². The largest absolute Gasteiger partial charge is 0.508 e. The first kappa shape index (κ1) is 44.3. The summed E-state index contributed by atoms with van der Waals surface area (Å²) in [6, 6.07) is 12.9. The normalized spacial score (nSPS) is 24.3. The summed E-state index contributed by atoms with van der Waals surface area (Å²) in [6.45, 7) is 14.8. The summed E-state index contributed by atoms with van der Waals surface area (Å²) in [5.74, 6) is -1.14. The van der Waals surface area contributed by atoms with Crippen molar-refractivity contribution in [2.24, 2.45) is 29.1 Å². The maximum absolute atomic E-state index is 14.7. The molecule has 63 heavy (non-hydrogen) atoms. The fraction of sp³-hybridized carbons (Fsp3) is 0.531. The van der Waals surface area contributed by atoms with Crippen molar-refractivity contribution in [1.82, 2.24) is 35.5 Å². The Hall–Kier alpha value is -5.31. The Bertz CT molecular complexity index is 2400. The number of ether oxygens (including phenoxy) is 2. The van der Waals surface area contributed by atoms with Crippen LogP contribution in [-0.4, -0.2) is 107 Å². The van der Waals surface area contributed by atoms with E-state index in [0.717, 1.165) is 57.6 Å². The van der Waals surface area contributed by atoms with Crippen LogP contribution in [0, 0.1) is 29.1 Å². The molecule has 4 N–H and O–H groups in total. The van der Waals surface area contributed by atoms with Crippen molar-refractivity contribution in [1.29, 1.82) is 0 Å². The molecule has 4 aliphatic rings. The molecule has 0 spiro atoms. The zero-order valence-electron chi connectivity index (χ0n) is 37.9. The van der Waals surface area contributed by atoms with E-state index >= 15 is 0 Å². The van der Waals surface area contributed by atoms with Crippen LogP contribution < -0.4 is 16.1 Å². The van der Waals surface area contributed by atoms with Crippen LogP contribution in [0.1, 0.15) is 77.3 Å². The molecule has 5 heterocycles. The lowest BCUT2D eigenvalue weighted by Gasteiger charge is -2.37. The van der Waals surface area contributed by atoms with Gasteiger partial charge in [0.25, 0.3) is 5.91 Å². The second-order valence-corrected chi connectivity index (χ2v) is 19.2. The van der Waals surface area contributed by atoms with Gasteiger partial charge in [-0.3, -0.25) is 29.2 Å². The number of nitrogens with zero attached hydrogens (tertiary/aromatic N) is 4. The van der Waals surface area contributed by atoms with Crippen molar-refractivity contribution in [3.63, 3.8) is 0 Å². The smallest absolute Gasteiger partial charge is 0.324 e. The van der Waals surface area contributed by atoms with Gasteiger partial charge in [0.15, 0.2) is 0 Å². The predicted octanol–water partition coefficient (Wildman–Crippen LogP) is 5.40. The van der Waals surface area contributed by atoms with E-state index in [9.17, 15) is 24.3 Å². The Labute approximate surface area is 370 Å². The molecular formula is C49H63N7O7. The number of pyridine rings is 1. The van der Waals surface area contributed by atoms with E-state index in [0.29, 0.717) is 37.9 Å². The molecule has 3 aliphatic heterocycles. The number of phenolic OH excluding ortho intramolecular Hbond substituents is 1. The van der Waals surface area contributed by atoms with Crippen molar-refractivity contribution in [2.45, 2.75) is 98.0 Å². The van der Waals surface area contributed by atoms with Crippen molar-refractivity contribution < 1.29 is 33.8 Å². The average Bonchev–Trinajstić information content (AvgIpc) is 3.57. The van der Waals surface area contributed by atoms with Crippen LogP contribution in [0.5, 0.6) is 5.75 Å². The van der Waals surface area contributed by atoms with Crippen LogP contribution in [0.3, 0.4) is 0 Å². The molecule has 2 saturated heterocycles. The molecular weight excluding hydrogens is 799 g/mol. The number of carbonyl (C=O) groups is 4. The van der Waals surface area contributed by atoms with E-state index in [-0.39, 0.29) is 54.5 Å². The van der Waals surface area contributed by atoms with Gasteiger partial charge in [-0.1, -0.05) is 39.8 Å². The minimum absolute atomic E-state index is 0.0185. The van der Waals surface area contributed by atoms with Crippen LogP contribution in [0.4, 0.5) is 0 Å². The summed E-state index contributed by atoms with van der Waals surface area (Å²) in [4.78, 5) is 63.1. The molecule has 0 radical (unpaired) electrons. The molecule has 4 aromatic rings. The summed E-state index contributed by atoms with van der Waals surface area (Å²) in [5.41, 5.74) is 9.76. The number of carbonyl (C=O) groups excluding carboxylic acids is 4. The summed E-state index contributed by atoms with van der Waals surface area (Å²) in [7, 11) is 3.36. The van der Waals surface area contributed by atoms with Crippen molar-refractivity contribution >= 4 is 34.6 Å². The molecule has 3 amide bonds. The van der Waals surface area contributed by atoms with Gasteiger partial charge in [-0.15, -0.1) is 0 Å². The quantitative estimate of drug-likeness (QED) is 0.160. The molecule has 1 saturated carbocycles. The maximum Gasteiger partial charge on any atom is 0.324 e. The Balaban J connectivity index is 1.22. The Morgan fingerprint density at radius 2 is 1.84 bits per heavy atom. The van der Waals surface area contributed by atoms with Crippen molar-refractivity contribution in [2.75, 3.05) is 40.4 Å². The lowest BCUT2D eigenvalue weighted by atomic mass is 9.84. The Morgan fingerprint density at radius 1 is 1.08 bits per heavy atom. The lowest BCUT2D eigenvalue weighted by Crippen LogP contribution is -2.62. The number of rotatable bonds is 9. The number of methoxy groups -OCH3 is 1. The van der Waals surface area contributed by atoms with E-state index in [1.807, 2.05) is 39.0 Å². The van der Waals surface area contributed by atoms with Crippen LogP contribution in [0.2, 0.25) is 0 Å². The summed E-state index contributed by atoms with van der Waals surface area (Å²) >= 11 is 0. The zero-order valence-corrected chi connectivity index (χ0v) is 37.9. The number of hydrogen-bond donors (Lipinski definition) is 4. The number of benzene rings is 2. The fourth-order valence-corrected chi connectivity index (χ4v) is 10.4. The third-order valence-electron chi connectivity index (χ3n) is 13.7. The standard InChI is InChI=1S/C49H63N7O7/c1-9-55-40-15-14-30-22-34(40)35(44(55)33-12-10-16-51-42(33)28(4)62-8)23-49(5,6)26-63-48(61)38-13-11-17-56(53-38)46(59)39(20-29-18-31(30)21-32(57)19-29)52-45(58)43(27(2)3)54(7)47(60)41-36-24-50-25-37(36)41/h10,12,14-16,18-19,21-22,27-28,36-39,41,43,50,53,57H,9,11,13,17,20,23-26H2,1-8H3,(H,52,58)/t28-,36-,37+,38-,39-,41?,43?/m0/s1. The summed E-state index contributed by atoms with van der Waals surface area (Å²) in [5, 5.41) is 20.1. The Kier molecular flexibility index (Phi) is 12.4. The van der Waals surface area contributed by atoms with Gasteiger partial charge in [-0.05, 0) is 123 Å². The first-order valence-corrected chi connectivity index (χ1v) is 22.6. The molecule has 14 nitrogen and oxygen atoms in total. The molecule has 1 aliphatic carbocycles. The zero-order chi connectivity index (χ0) is 44.9. The van der Waals surface area contributed by atoms with Gasteiger partial charge in [-0.2, -0.15) is 0 Å². The highest BCUT2D eigenvalue weighted by atomic mass is 16.5. The first-order valence-electron chi connectivity index (χ1n) is 22.6. The van der Waals surface area contributed by atoms with Crippen molar-refractivity contribution in [3.8, 4) is 28.1 Å². The molecule has 2 aromatic heterocycles. The topological polar surface area (TPSA) is 167 Å². The van der Waals surface area contributed by atoms with Gasteiger partial charge in [-0.25, -0.2) is 5.43 Å². The van der Waals surface area contributed by atoms with E-state index in [4.69, 9.17) is 14.5 Å². The van der Waals surface area contributed by atoms with E-state index < -0.39 is 41.3 Å². The number of nitrogens with one attached hydrogen (secondary N) is 3. The third-order valence-corrected chi connectivity index (χ3v) is 13.7. The summed E-state index contributed by atoms with van der Waals surface area (Å²) in [6.07, 6.45) is 3.12. The lowest BCUT2D eigenvalue weighted by molar-refractivity contribution is -0.155. The fourth-order valence-electron chi connectivity index (χ4n) is 10.4. The number of phenols is 1. The van der Waals surface area contributed by atoms with Crippen LogP contribution >= 0.6 is 0 Å². The molecule has 3 fully saturated rings. The second-order valence-electron chi connectivity index (χ2n) is 19.2. The second kappa shape index (κ2) is 17.7. The van der Waals surface area contributed by atoms with Gasteiger partial charge >= 0.3 is 5.97 Å². The summed E-state index contributed by atoms with van der Waals surface area (Å²) < 4.78 is 14.2. The number of aromatic nitrogens is 2. The van der Waals surface area contributed by atoms with Crippen LogP contribution in [0.25, 0.3) is 33.3 Å². The number of esters is 1. The number of aromatic hydroxyl groups is 1. The number of hydrogen-bond acceptors (Lipinski definition) is 10. The number of likely N-dealkylation sites (N-methyl/N-ethyl adjacent to an activating group) is 1. The third kappa shape index (κ3) is 8.69. The number of piperidine rings is 1. The molecule has 14 heteroatoms. The first-order chi connectivity index (χ1) is 30.1. The van der Waals surface area contributed by atoms with E-state index in [1.54, 1.807) is 37.4 Å². The highest BCUT2D eigenvalue weighted by molar-refractivity contribution is 5.96.